The number of carbonyl (C=O) groups is 1. The highest BCUT2D eigenvalue weighted by molar-refractivity contribution is 7.98. The van der Waals surface area contributed by atoms with Crippen LogP contribution in [0, 0.1) is 17.5 Å². The molecular weight excluding hydrogens is 518 g/mol. The predicted molar refractivity (Wildman–Crippen MR) is 143 cm³/mol. The van der Waals surface area contributed by atoms with Crippen molar-refractivity contribution in [2.45, 2.75) is 74.5 Å². The number of likely N-dealkylation sites (tertiary alicyclic amines) is 1. The summed E-state index contributed by atoms with van der Waals surface area (Å²) in [5, 5.41) is 0. The van der Waals surface area contributed by atoms with Crippen LogP contribution in [0.1, 0.15) is 56.9 Å². The first-order valence-corrected chi connectivity index (χ1v) is 13.9. The fourth-order valence-corrected chi connectivity index (χ4v) is 5.37. The molecule has 2 fully saturated rings. The van der Waals surface area contributed by atoms with Crippen molar-refractivity contribution >= 4 is 23.5 Å². The Morgan fingerprint density at radius 1 is 1.05 bits per heavy atom. The molecule has 1 saturated heterocycles. The van der Waals surface area contributed by atoms with Crippen LogP contribution >= 0.6 is 11.9 Å². The number of hydrogen-bond donors (Lipinski definition) is 2. The zero-order valence-electron chi connectivity index (χ0n) is 21.8. The van der Waals surface area contributed by atoms with E-state index in [9.17, 15) is 22.4 Å². The number of carbonyl (C=O) groups excluding carboxylic acids is 1. The lowest BCUT2D eigenvalue weighted by Crippen LogP contribution is -2.48. The number of ether oxygens (including phenoxy) is 1. The van der Waals surface area contributed by atoms with Crippen LogP contribution in [-0.2, 0) is 16.0 Å². The van der Waals surface area contributed by atoms with E-state index in [0.717, 1.165) is 75.6 Å². The molecule has 210 valence electrons. The highest BCUT2D eigenvalue weighted by Gasteiger charge is 2.39. The number of halogens is 4. The number of nitrogens with two attached hydrogens (primary N) is 1. The Bertz CT molecular complexity index is 1010. The molecule has 10 heteroatoms. The van der Waals surface area contributed by atoms with Crippen LogP contribution in [0.5, 0.6) is 0 Å². The Hall–Kier alpha value is -2.30. The van der Waals surface area contributed by atoms with E-state index in [2.05, 4.69) is 9.62 Å². The van der Waals surface area contributed by atoms with E-state index < -0.39 is 29.1 Å². The molecule has 1 amide bonds. The third-order valence-electron chi connectivity index (χ3n) is 7.05. The van der Waals surface area contributed by atoms with E-state index in [1.54, 1.807) is 0 Å². The lowest BCUT2D eigenvalue weighted by molar-refractivity contribution is -0.145. The quantitative estimate of drug-likeness (QED) is 0.158. The molecule has 1 aliphatic heterocycles. The molecule has 38 heavy (non-hydrogen) atoms. The number of anilines is 1. The summed E-state index contributed by atoms with van der Waals surface area (Å²) >= 11 is 0.858. The first kappa shape index (κ1) is 30.2. The molecule has 5 nitrogen and oxygen atoms in total. The van der Waals surface area contributed by atoms with E-state index >= 15 is 0 Å². The van der Waals surface area contributed by atoms with E-state index in [-0.39, 0.29) is 16.6 Å². The van der Waals surface area contributed by atoms with Crippen LogP contribution < -0.4 is 10.5 Å². The van der Waals surface area contributed by atoms with Crippen molar-refractivity contribution in [1.29, 1.82) is 0 Å². The van der Waals surface area contributed by atoms with E-state index in [0.29, 0.717) is 25.9 Å². The Morgan fingerprint density at radius 3 is 2.26 bits per heavy atom. The van der Waals surface area contributed by atoms with Gasteiger partial charge in [-0.15, -0.1) is 0 Å². The third kappa shape index (κ3) is 8.88. The molecule has 2 aliphatic rings. The summed E-state index contributed by atoms with van der Waals surface area (Å²) in [5.41, 5.74) is 5.03. The van der Waals surface area contributed by atoms with Crippen LogP contribution in [0.4, 0.5) is 23.2 Å². The molecular formula is C28H37F4N3O2S. The number of aryl methyl sites for hydroxylation is 1. The average Bonchev–Trinajstić information content (AvgIpc) is 2.90. The molecule has 0 radical (unpaired) electrons. The van der Waals surface area contributed by atoms with Crippen molar-refractivity contribution in [3.8, 4) is 0 Å². The first-order chi connectivity index (χ1) is 18.2. The Morgan fingerprint density at radius 2 is 1.68 bits per heavy atom. The smallest absolute Gasteiger partial charge is 0.262 e. The van der Waals surface area contributed by atoms with Crippen LogP contribution in [0.3, 0.4) is 0 Å². The summed E-state index contributed by atoms with van der Waals surface area (Å²) in [4.78, 5) is 14.7. The van der Waals surface area contributed by atoms with Crippen molar-refractivity contribution < 1.29 is 27.1 Å². The summed E-state index contributed by atoms with van der Waals surface area (Å²) in [7, 11) is 1.51. The van der Waals surface area contributed by atoms with Crippen LogP contribution in [0.25, 0.3) is 0 Å². The molecule has 2 aromatic rings. The van der Waals surface area contributed by atoms with Gasteiger partial charge in [0, 0.05) is 25.1 Å². The monoisotopic (exact) mass is 555 g/mol. The maximum absolute atomic E-state index is 13.3. The van der Waals surface area contributed by atoms with Gasteiger partial charge < -0.3 is 10.5 Å². The lowest BCUT2D eigenvalue weighted by Gasteiger charge is -2.34. The minimum atomic E-state index is -0.842. The normalized spacial score (nSPS) is 17.3. The Labute approximate surface area is 226 Å². The zero-order valence-corrected chi connectivity index (χ0v) is 22.6. The van der Waals surface area contributed by atoms with Gasteiger partial charge in [-0.05, 0) is 80.4 Å². The Kier molecular flexibility index (Phi) is 11.7. The van der Waals surface area contributed by atoms with Gasteiger partial charge in [-0.1, -0.05) is 37.8 Å². The number of rotatable bonds is 10. The number of hydrogen-bond acceptors (Lipinski definition) is 5. The fraction of sp³-hybridized carbons (Fsp3) is 0.536. The molecule has 0 bridgehead atoms. The summed E-state index contributed by atoms with van der Waals surface area (Å²) < 4.78 is 59.9. The molecule has 4 rings (SSSR count). The number of nitrogens with one attached hydrogen (secondary N) is 1. The third-order valence-corrected chi connectivity index (χ3v) is 7.80. The maximum atomic E-state index is 13.3. The molecule has 1 aliphatic carbocycles. The number of unbranched alkanes of at least 4 members (excludes halogenated alkanes) is 2. The van der Waals surface area contributed by atoms with Gasteiger partial charge in [-0.25, -0.2) is 17.6 Å². The number of benzene rings is 2. The average molecular weight is 556 g/mol. The second-order valence-corrected chi connectivity index (χ2v) is 10.8. The molecule has 3 N–H and O–H groups in total. The van der Waals surface area contributed by atoms with E-state index in [1.807, 2.05) is 12.1 Å². The van der Waals surface area contributed by atoms with Crippen molar-refractivity contribution in [2.75, 3.05) is 32.5 Å². The molecule has 1 saturated carbocycles. The topological polar surface area (TPSA) is 67.6 Å². The largest absolute Gasteiger partial charge is 0.394 e. The summed E-state index contributed by atoms with van der Waals surface area (Å²) in [6.07, 6.45) is 8.08. The molecule has 0 aromatic heterocycles. The molecule has 0 unspecified atom stereocenters. The fourth-order valence-electron chi connectivity index (χ4n) is 4.65. The lowest BCUT2D eigenvalue weighted by atomic mass is 9.84. The minimum Gasteiger partial charge on any atom is -0.394 e. The molecule has 0 spiro atoms. The summed E-state index contributed by atoms with van der Waals surface area (Å²) in [5.74, 6) is -2.13. The van der Waals surface area contributed by atoms with Gasteiger partial charge in [0.1, 0.15) is 34.9 Å². The van der Waals surface area contributed by atoms with Gasteiger partial charge in [-0.2, -0.15) is 0 Å². The van der Waals surface area contributed by atoms with Gasteiger partial charge in [0.05, 0.1) is 0 Å². The number of amides is 1. The number of alkyl halides is 1. The van der Waals surface area contributed by atoms with Crippen molar-refractivity contribution in [3.05, 3.63) is 59.4 Å². The van der Waals surface area contributed by atoms with E-state index in [1.165, 1.54) is 24.8 Å². The second-order valence-electron chi connectivity index (χ2n) is 9.89. The number of nitrogens with zero attached hydrogens (tertiary/aromatic N) is 1. The van der Waals surface area contributed by atoms with Gasteiger partial charge in [0.2, 0.25) is 0 Å². The first-order valence-electron chi connectivity index (χ1n) is 13.1. The number of methoxy groups -OCH3 is 1. The van der Waals surface area contributed by atoms with Crippen LogP contribution in [0.15, 0.2) is 41.3 Å². The highest BCUT2D eigenvalue weighted by atomic mass is 32.2. The molecule has 2 aromatic carbocycles. The minimum absolute atomic E-state index is 0.174. The van der Waals surface area contributed by atoms with Crippen molar-refractivity contribution in [1.82, 2.24) is 9.62 Å². The van der Waals surface area contributed by atoms with Crippen molar-refractivity contribution in [2.24, 2.45) is 0 Å². The van der Waals surface area contributed by atoms with Crippen molar-refractivity contribution in [3.63, 3.8) is 0 Å². The van der Waals surface area contributed by atoms with Crippen LogP contribution in [-0.4, -0.2) is 49.3 Å². The van der Waals surface area contributed by atoms with E-state index in [4.69, 9.17) is 10.5 Å². The van der Waals surface area contributed by atoms with Gasteiger partial charge in [-0.3, -0.25) is 14.4 Å². The standard InChI is InChI=1S/C14H18F2N2O2S.C14H19F2N/c1-20-14(5-3-2-4-6-14)13(19)18-21-9-7-10(15)12(17)11(16)8-9;15-13-7-5-12(6-8-13)4-2-1-3-9-17-10-14(16)11-17/h7-8H,2-6,17H2,1H3,(H,18,19);5-8,14H,1-4,9-11H2. The second kappa shape index (κ2) is 14.7. The predicted octanol–water partition coefficient (Wildman–Crippen LogP) is 6.21. The summed E-state index contributed by atoms with van der Waals surface area (Å²) in [6, 6.07) is 8.89. The van der Waals surface area contributed by atoms with Gasteiger partial charge in [0.25, 0.3) is 5.91 Å². The maximum Gasteiger partial charge on any atom is 0.262 e. The van der Waals surface area contributed by atoms with Gasteiger partial charge in [0.15, 0.2) is 0 Å². The Balaban J connectivity index is 0.000000215. The summed E-state index contributed by atoms with van der Waals surface area (Å²) in [6.45, 7) is 2.26. The molecule has 0 atom stereocenters. The zero-order chi connectivity index (χ0) is 27.5. The highest BCUT2D eigenvalue weighted by Crippen LogP contribution is 2.32. The van der Waals surface area contributed by atoms with Crippen LogP contribution in [0.2, 0.25) is 0 Å². The van der Waals surface area contributed by atoms with Gasteiger partial charge >= 0.3 is 0 Å². The number of nitrogen functional groups attached to an aromatic ring is 1. The molecule has 1 heterocycles. The SMILES string of the molecule is COC1(C(=O)NSc2cc(F)c(N)c(F)c2)CCCCC1.Fc1ccc(CCCCCN2CC(F)C2)cc1.